The van der Waals surface area contributed by atoms with Crippen LogP contribution in [-0.4, -0.2) is 23.7 Å². The fourth-order valence-corrected chi connectivity index (χ4v) is 1.30. The van der Waals surface area contributed by atoms with E-state index in [1.54, 1.807) is 24.3 Å². The van der Waals surface area contributed by atoms with Gasteiger partial charge in [-0.25, -0.2) is 4.79 Å². The summed E-state index contributed by atoms with van der Waals surface area (Å²) in [4.78, 5) is 11.8. The molecule has 0 aromatic heterocycles. The molecule has 0 atom stereocenters. The Bertz CT molecular complexity index is 429. The van der Waals surface area contributed by atoms with Crippen molar-refractivity contribution >= 4 is 11.9 Å². The molecule has 0 aliphatic carbocycles. The molecule has 1 aromatic carbocycles. The first-order valence-corrected chi connectivity index (χ1v) is 5.81. The van der Waals surface area contributed by atoms with Gasteiger partial charge >= 0.3 is 5.97 Å². The molecule has 0 fully saturated rings. The quantitative estimate of drug-likeness (QED) is 0.218. The van der Waals surface area contributed by atoms with Crippen LogP contribution in [0.3, 0.4) is 0 Å². The molecule has 1 N–H and O–H groups in total. The molecule has 0 spiro atoms. The van der Waals surface area contributed by atoms with Crippen LogP contribution in [0.1, 0.15) is 37.0 Å². The number of ether oxygens (including phenoxy) is 2. The van der Waals surface area contributed by atoms with Crippen molar-refractivity contribution < 1.29 is 19.5 Å². The van der Waals surface area contributed by atoms with Crippen LogP contribution in [0.4, 0.5) is 0 Å². The summed E-state index contributed by atoms with van der Waals surface area (Å²) in [7, 11) is 0. The topological polar surface area (TPSA) is 68.1 Å². The third-order valence-corrected chi connectivity index (χ3v) is 2.24. The fraction of sp³-hybridized carbons (Fsp3) is 0.385. The molecule has 0 unspecified atom stereocenters. The Balaban J connectivity index is 2.77. The van der Waals surface area contributed by atoms with E-state index in [-0.39, 0.29) is 5.90 Å². The number of benzene rings is 1. The first-order valence-electron chi connectivity index (χ1n) is 5.81. The van der Waals surface area contributed by atoms with Crippen LogP contribution in [0.25, 0.3) is 0 Å². The van der Waals surface area contributed by atoms with E-state index in [4.69, 9.17) is 14.7 Å². The van der Waals surface area contributed by atoms with Crippen molar-refractivity contribution in [2.75, 3.05) is 6.61 Å². The van der Waals surface area contributed by atoms with Crippen LogP contribution < -0.4 is 4.74 Å². The minimum absolute atomic E-state index is 0.108. The second-order valence-corrected chi connectivity index (χ2v) is 3.71. The zero-order valence-electron chi connectivity index (χ0n) is 10.5. The van der Waals surface area contributed by atoms with E-state index in [0.29, 0.717) is 17.9 Å². The molecule has 98 valence electrons. The fourth-order valence-electron chi connectivity index (χ4n) is 1.30. The molecule has 0 heterocycles. The summed E-state index contributed by atoms with van der Waals surface area (Å²) in [5.41, 5.74) is 0.316. The molecular weight excluding hydrogens is 234 g/mol. The second-order valence-electron chi connectivity index (χ2n) is 3.71. The molecule has 1 rings (SSSR count). The van der Waals surface area contributed by atoms with Gasteiger partial charge < -0.3 is 14.7 Å². The van der Waals surface area contributed by atoms with E-state index < -0.39 is 5.97 Å². The zero-order chi connectivity index (χ0) is 13.4. The number of hydrogen-bond acceptors (Lipinski definition) is 5. The van der Waals surface area contributed by atoms with Crippen molar-refractivity contribution in [3.8, 4) is 5.75 Å². The van der Waals surface area contributed by atoms with Gasteiger partial charge in [0.05, 0.1) is 6.61 Å². The molecule has 0 saturated carbocycles. The van der Waals surface area contributed by atoms with Crippen LogP contribution in [0.2, 0.25) is 0 Å². The Morgan fingerprint density at radius 2 is 2.11 bits per heavy atom. The van der Waals surface area contributed by atoms with Gasteiger partial charge in [0, 0.05) is 6.92 Å². The number of hydrogen-bond donors (Lipinski definition) is 1. The van der Waals surface area contributed by atoms with Gasteiger partial charge in [-0.3, -0.25) is 0 Å². The summed E-state index contributed by atoms with van der Waals surface area (Å²) in [6.45, 7) is 4.00. The van der Waals surface area contributed by atoms with E-state index in [1.807, 2.05) is 0 Å². The lowest BCUT2D eigenvalue weighted by Gasteiger charge is -2.10. The van der Waals surface area contributed by atoms with Crippen molar-refractivity contribution in [1.29, 1.82) is 0 Å². The maximum absolute atomic E-state index is 11.8. The van der Waals surface area contributed by atoms with Gasteiger partial charge in [0.1, 0.15) is 11.3 Å². The van der Waals surface area contributed by atoms with Crippen molar-refractivity contribution in [3.05, 3.63) is 29.8 Å². The number of oxime groups is 1. The molecule has 0 bridgehead atoms. The number of rotatable bonds is 5. The van der Waals surface area contributed by atoms with Gasteiger partial charge in [0.25, 0.3) is 0 Å². The number of esters is 1. The Morgan fingerprint density at radius 3 is 2.78 bits per heavy atom. The minimum Gasteiger partial charge on any atom is -0.493 e. The van der Waals surface area contributed by atoms with Gasteiger partial charge in [-0.1, -0.05) is 30.6 Å². The third-order valence-electron chi connectivity index (χ3n) is 2.24. The Kier molecular flexibility index (Phi) is 5.70. The van der Waals surface area contributed by atoms with E-state index in [1.165, 1.54) is 6.92 Å². The second kappa shape index (κ2) is 7.32. The molecule has 18 heavy (non-hydrogen) atoms. The molecular formula is C13H17NO4. The van der Waals surface area contributed by atoms with Crippen LogP contribution in [0.5, 0.6) is 5.75 Å². The molecule has 0 aliphatic heterocycles. The predicted molar refractivity (Wildman–Crippen MR) is 67.2 cm³/mol. The van der Waals surface area contributed by atoms with Crippen LogP contribution in [0.15, 0.2) is 29.4 Å². The zero-order valence-corrected chi connectivity index (χ0v) is 10.5. The summed E-state index contributed by atoms with van der Waals surface area (Å²) >= 11 is 0. The minimum atomic E-state index is -0.600. The molecule has 0 aliphatic rings. The van der Waals surface area contributed by atoms with Gasteiger partial charge in [0.2, 0.25) is 5.90 Å². The first kappa shape index (κ1) is 14.0. The highest BCUT2D eigenvalue weighted by atomic mass is 16.6. The number of para-hydroxylation sites is 1. The highest BCUT2D eigenvalue weighted by Gasteiger charge is 2.14. The predicted octanol–water partition coefficient (Wildman–Crippen LogP) is 2.83. The summed E-state index contributed by atoms with van der Waals surface area (Å²) in [5, 5.41) is 11.2. The van der Waals surface area contributed by atoms with Crippen molar-refractivity contribution in [3.63, 3.8) is 0 Å². The largest absolute Gasteiger partial charge is 0.493 e. The van der Waals surface area contributed by atoms with E-state index in [2.05, 4.69) is 12.1 Å². The number of carbonyl (C=O) groups is 1. The SMILES string of the molecule is CCCCOc1ccccc1C(=O)OC(C)=NO. The van der Waals surface area contributed by atoms with E-state index in [0.717, 1.165) is 12.8 Å². The van der Waals surface area contributed by atoms with Crippen LogP contribution in [-0.2, 0) is 4.74 Å². The molecule has 5 nitrogen and oxygen atoms in total. The first-order chi connectivity index (χ1) is 8.69. The maximum atomic E-state index is 11.8. The number of carbonyl (C=O) groups excluding carboxylic acids is 1. The standard InChI is InChI=1S/C13H17NO4/c1-3-4-9-17-12-8-6-5-7-11(12)13(15)18-10(2)14-16/h5-8,16H,3-4,9H2,1-2H3. The van der Waals surface area contributed by atoms with Crippen molar-refractivity contribution in [1.82, 2.24) is 0 Å². The lowest BCUT2D eigenvalue weighted by molar-refractivity contribution is 0.0701. The van der Waals surface area contributed by atoms with Gasteiger partial charge in [-0.05, 0) is 18.6 Å². The van der Waals surface area contributed by atoms with Crippen molar-refractivity contribution in [2.24, 2.45) is 5.16 Å². The molecule has 0 amide bonds. The average molecular weight is 251 g/mol. The lowest BCUT2D eigenvalue weighted by Crippen LogP contribution is -2.12. The smallest absolute Gasteiger partial charge is 0.348 e. The summed E-state index contributed by atoms with van der Waals surface area (Å²) in [6, 6.07) is 6.81. The molecule has 5 heteroatoms. The van der Waals surface area contributed by atoms with Crippen molar-refractivity contribution in [2.45, 2.75) is 26.7 Å². The van der Waals surface area contributed by atoms with E-state index in [9.17, 15) is 4.79 Å². The normalized spacial score (nSPS) is 11.1. The number of unbranched alkanes of at least 4 members (excludes halogenated alkanes) is 1. The molecule has 0 radical (unpaired) electrons. The Morgan fingerprint density at radius 1 is 1.39 bits per heavy atom. The maximum Gasteiger partial charge on any atom is 0.348 e. The van der Waals surface area contributed by atoms with Gasteiger partial charge in [0.15, 0.2) is 0 Å². The van der Waals surface area contributed by atoms with Crippen LogP contribution in [0, 0.1) is 0 Å². The summed E-state index contributed by atoms with van der Waals surface area (Å²) in [5.74, 6) is -0.234. The summed E-state index contributed by atoms with van der Waals surface area (Å²) in [6.07, 6.45) is 1.93. The van der Waals surface area contributed by atoms with Crippen LogP contribution >= 0.6 is 0 Å². The lowest BCUT2D eigenvalue weighted by atomic mass is 10.2. The Hall–Kier alpha value is -2.04. The highest BCUT2D eigenvalue weighted by Crippen LogP contribution is 2.19. The summed E-state index contributed by atoms with van der Waals surface area (Å²) < 4.78 is 10.3. The van der Waals surface area contributed by atoms with Gasteiger partial charge in [-0.2, -0.15) is 0 Å². The monoisotopic (exact) mass is 251 g/mol. The van der Waals surface area contributed by atoms with E-state index >= 15 is 0 Å². The number of nitrogens with zero attached hydrogens (tertiary/aromatic N) is 1. The Labute approximate surface area is 106 Å². The third kappa shape index (κ3) is 4.08. The van der Waals surface area contributed by atoms with Gasteiger partial charge in [-0.15, -0.1) is 0 Å². The average Bonchev–Trinajstić information content (AvgIpc) is 2.39. The molecule has 1 aromatic rings. The molecule has 0 saturated heterocycles. The highest BCUT2D eigenvalue weighted by molar-refractivity contribution is 5.99.